The number of benzene rings is 1. The number of anilines is 2. The summed E-state index contributed by atoms with van der Waals surface area (Å²) >= 11 is 0. The second-order valence-corrected chi connectivity index (χ2v) is 4.29. The minimum atomic E-state index is -0.280. The van der Waals surface area contributed by atoms with Crippen LogP contribution >= 0.6 is 0 Å². The van der Waals surface area contributed by atoms with E-state index in [1.807, 2.05) is 19.1 Å². The molecule has 1 aromatic carbocycles. The summed E-state index contributed by atoms with van der Waals surface area (Å²) in [5.74, 6) is 0.503. The lowest BCUT2D eigenvalue weighted by Crippen LogP contribution is -2.14. The summed E-state index contributed by atoms with van der Waals surface area (Å²) in [6.45, 7) is 2.73. The Balaban J connectivity index is 2.03. The second kappa shape index (κ2) is 6.56. The lowest BCUT2D eigenvalue weighted by molar-refractivity contribution is 0.102. The molecule has 0 atom stereocenters. The Labute approximate surface area is 117 Å². The van der Waals surface area contributed by atoms with Gasteiger partial charge >= 0.3 is 0 Å². The molecule has 0 saturated heterocycles. The molecule has 5 nitrogen and oxygen atoms in total. The van der Waals surface area contributed by atoms with Crippen LogP contribution in [0.4, 0.5) is 11.4 Å². The molecule has 1 amide bonds. The number of aromatic nitrogens is 1. The van der Waals surface area contributed by atoms with Crippen LogP contribution in [0.15, 0.2) is 42.7 Å². The summed E-state index contributed by atoms with van der Waals surface area (Å²) in [6, 6.07) is 8.80. The highest BCUT2D eigenvalue weighted by Crippen LogP contribution is 2.17. The molecule has 0 spiro atoms. The maximum atomic E-state index is 12.0. The van der Waals surface area contributed by atoms with Crippen LogP contribution in [0.2, 0.25) is 0 Å². The van der Waals surface area contributed by atoms with Crippen LogP contribution in [-0.4, -0.2) is 17.5 Å². The number of hydrogen-bond donors (Lipinski definition) is 2. The molecule has 0 saturated carbocycles. The molecule has 0 unspecified atom stereocenters. The van der Waals surface area contributed by atoms with Crippen molar-refractivity contribution in [2.24, 2.45) is 0 Å². The predicted molar refractivity (Wildman–Crippen MR) is 78.8 cm³/mol. The number of nitrogen functional groups attached to an aromatic ring is 1. The molecule has 2 aromatic rings. The van der Waals surface area contributed by atoms with Crippen molar-refractivity contribution >= 4 is 17.3 Å². The number of carbonyl (C=O) groups is 1. The third-order valence-electron chi connectivity index (χ3n) is 2.68. The molecule has 20 heavy (non-hydrogen) atoms. The topological polar surface area (TPSA) is 77.2 Å². The normalized spacial score (nSPS) is 10.1. The number of nitrogens with two attached hydrogens (primary N) is 1. The van der Waals surface area contributed by atoms with Crippen LogP contribution in [0.5, 0.6) is 5.75 Å². The van der Waals surface area contributed by atoms with Gasteiger partial charge < -0.3 is 15.8 Å². The van der Waals surface area contributed by atoms with Crippen molar-refractivity contribution in [2.45, 2.75) is 13.3 Å². The Morgan fingerprint density at radius 3 is 2.70 bits per heavy atom. The lowest BCUT2D eigenvalue weighted by atomic mass is 10.2. The number of rotatable bonds is 5. The number of nitrogens with zero attached hydrogens (tertiary/aromatic N) is 1. The van der Waals surface area contributed by atoms with Crippen LogP contribution in [0.25, 0.3) is 0 Å². The van der Waals surface area contributed by atoms with Crippen molar-refractivity contribution in [1.82, 2.24) is 4.98 Å². The van der Waals surface area contributed by atoms with Crippen LogP contribution < -0.4 is 15.8 Å². The summed E-state index contributed by atoms with van der Waals surface area (Å²) in [5, 5.41) is 2.77. The van der Waals surface area contributed by atoms with Crippen molar-refractivity contribution < 1.29 is 9.53 Å². The summed E-state index contributed by atoms with van der Waals surface area (Å²) in [6.07, 6.45) is 3.95. The van der Waals surface area contributed by atoms with E-state index in [0.717, 1.165) is 12.2 Å². The Hall–Kier alpha value is -2.56. The van der Waals surface area contributed by atoms with Gasteiger partial charge in [-0.15, -0.1) is 0 Å². The standard InChI is InChI=1S/C15H17N3O2/c1-2-9-20-12-5-3-11(4-6-12)18-15(19)13-10-17-8-7-14(13)16/h3-8,10H,2,9H2,1H3,(H2,16,17)(H,18,19). The first-order valence-electron chi connectivity index (χ1n) is 6.44. The molecule has 2 rings (SSSR count). The molecule has 5 heteroatoms. The maximum Gasteiger partial charge on any atom is 0.259 e. The van der Waals surface area contributed by atoms with Gasteiger partial charge in [-0.3, -0.25) is 9.78 Å². The van der Waals surface area contributed by atoms with Crippen molar-refractivity contribution in [1.29, 1.82) is 0 Å². The van der Waals surface area contributed by atoms with Crippen molar-refractivity contribution in [3.05, 3.63) is 48.3 Å². The average molecular weight is 271 g/mol. The fraction of sp³-hybridized carbons (Fsp3) is 0.200. The molecular formula is C15H17N3O2. The van der Waals surface area contributed by atoms with E-state index in [1.54, 1.807) is 24.4 Å². The minimum absolute atomic E-state index is 0.280. The Morgan fingerprint density at radius 2 is 2.05 bits per heavy atom. The second-order valence-electron chi connectivity index (χ2n) is 4.29. The summed E-state index contributed by atoms with van der Waals surface area (Å²) in [7, 11) is 0. The Bertz CT molecular complexity index is 582. The molecule has 0 fully saturated rings. The van der Waals surface area contributed by atoms with Gasteiger partial charge in [-0.25, -0.2) is 0 Å². The zero-order valence-electron chi connectivity index (χ0n) is 11.3. The van der Waals surface area contributed by atoms with Gasteiger partial charge in [0.15, 0.2) is 0 Å². The Morgan fingerprint density at radius 1 is 1.30 bits per heavy atom. The molecule has 0 aliphatic heterocycles. The number of pyridine rings is 1. The minimum Gasteiger partial charge on any atom is -0.494 e. The van der Waals surface area contributed by atoms with Gasteiger partial charge in [-0.05, 0) is 36.8 Å². The maximum absolute atomic E-state index is 12.0. The molecular weight excluding hydrogens is 254 g/mol. The molecule has 104 valence electrons. The first kappa shape index (κ1) is 13.9. The molecule has 1 aromatic heterocycles. The number of ether oxygens (including phenoxy) is 1. The van der Waals surface area contributed by atoms with Gasteiger partial charge in [-0.2, -0.15) is 0 Å². The van der Waals surface area contributed by atoms with E-state index in [1.165, 1.54) is 6.20 Å². The Kier molecular flexibility index (Phi) is 4.55. The highest BCUT2D eigenvalue weighted by molar-refractivity contribution is 6.07. The van der Waals surface area contributed by atoms with Crippen molar-refractivity contribution in [2.75, 3.05) is 17.7 Å². The van der Waals surface area contributed by atoms with Gasteiger partial charge in [0, 0.05) is 23.8 Å². The zero-order valence-corrected chi connectivity index (χ0v) is 11.3. The largest absolute Gasteiger partial charge is 0.494 e. The molecule has 1 heterocycles. The first-order valence-corrected chi connectivity index (χ1v) is 6.44. The SMILES string of the molecule is CCCOc1ccc(NC(=O)c2cnccc2N)cc1. The lowest BCUT2D eigenvalue weighted by Gasteiger charge is -2.08. The molecule has 0 aliphatic carbocycles. The van der Waals surface area contributed by atoms with Crippen LogP contribution in [0, 0.1) is 0 Å². The highest BCUT2D eigenvalue weighted by atomic mass is 16.5. The number of carbonyl (C=O) groups excluding carboxylic acids is 1. The van der Waals surface area contributed by atoms with Gasteiger partial charge in [0.05, 0.1) is 12.2 Å². The van der Waals surface area contributed by atoms with Gasteiger partial charge in [0.25, 0.3) is 5.91 Å². The van der Waals surface area contributed by atoms with Crippen molar-refractivity contribution in [3.63, 3.8) is 0 Å². The fourth-order valence-corrected chi connectivity index (χ4v) is 1.65. The van der Waals surface area contributed by atoms with E-state index < -0.39 is 0 Å². The molecule has 0 aliphatic rings. The van der Waals surface area contributed by atoms with E-state index in [9.17, 15) is 4.79 Å². The van der Waals surface area contributed by atoms with Crippen LogP contribution in [0.1, 0.15) is 23.7 Å². The summed E-state index contributed by atoms with van der Waals surface area (Å²) < 4.78 is 5.48. The molecule has 3 N–H and O–H groups in total. The van der Waals surface area contributed by atoms with Gasteiger partial charge in [0.2, 0.25) is 0 Å². The monoisotopic (exact) mass is 271 g/mol. The zero-order chi connectivity index (χ0) is 14.4. The molecule has 0 bridgehead atoms. The van der Waals surface area contributed by atoms with Gasteiger partial charge in [-0.1, -0.05) is 6.92 Å². The van der Waals surface area contributed by atoms with E-state index >= 15 is 0 Å². The van der Waals surface area contributed by atoms with E-state index in [-0.39, 0.29) is 5.91 Å². The van der Waals surface area contributed by atoms with E-state index in [0.29, 0.717) is 23.5 Å². The highest BCUT2D eigenvalue weighted by Gasteiger charge is 2.09. The predicted octanol–water partition coefficient (Wildman–Crippen LogP) is 2.70. The number of amides is 1. The third kappa shape index (κ3) is 3.47. The summed E-state index contributed by atoms with van der Waals surface area (Å²) in [4.78, 5) is 15.9. The fourth-order valence-electron chi connectivity index (χ4n) is 1.65. The average Bonchev–Trinajstić information content (AvgIpc) is 2.47. The van der Waals surface area contributed by atoms with E-state index in [2.05, 4.69) is 10.3 Å². The van der Waals surface area contributed by atoms with Gasteiger partial charge in [0.1, 0.15) is 5.75 Å². The third-order valence-corrected chi connectivity index (χ3v) is 2.68. The van der Waals surface area contributed by atoms with Crippen molar-refractivity contribution in [3.8, 4) is 5.75 Å². The van der Waals surface area contributed by atoms with E-state index in [4.69, 9.17) is 10.5 Å². The van der Waals surface area contributed by atoms with Crippen LogP contribution in [-0.2, 0) is 0 Å². The quantitative estimate of drug-likeness (QED) is 0.876. The first-order chi connectivity index (χ1) is 9.70. The molecule has 0 radical (unpaired) electrons. The van der Waals surface area contributed by atoms with Crippen LogP contribution in [0.3, 0.4) is 0 Å². The number of hydrogen-bond acceptors (Lipinski definition) is 4. The number of nitrogens with one attached hydrogen (secondary N) is 1. The summed E-state index contributed by atoms with van der Waals surface area (Å²) in [5.41, 5.74) is 7.18. The smallest absolute Gasteiger partial charge is 0.259 e.